The number of aryl methyl sites for hydroxylation is 1. The van der Waals surface area contributed by atoms with Crippen LogP contribution in [0.5, 0.6) is 0 Å². The lowest BCUT2D eigenvalue weighted by molar-refractivity contribution is 0.144. The largest absolute Gasteiger partial charge is 0.372 e. The highest BCUT2D eigenvalue weighted by atomic mass is 15.2. The van der Waals surface area contributed by atoms with Gasteiger partial charge >= 0.3 is 0 Å². The third kappa shape index (κ3) is 5.78. The summed E-state index contributed by atoms with van der Waals surface area (Å²) < 4.78 is 0. The van der Waals surface area contributed by atoms with Crippen LogP contribution in [0.25, 0.3) is 0 Å². The topological polar surface area (TPSA) is 9.72 Å². The van der Waals surface area contributed by atoms with Crippen LogP contribution < -0.4 is 4.90 Å². The molecule has 0 unspecified atom stereocenters. The predicted molar refractivity (Wildman–Crippen MR) is 106 cm³/mol. The molecule has 24 heavy (non-hydrogen) atoms. The minimum atomic E-state index is 0.932. The smallest absolute Gasteiger partial charge is 0.0366 e. The van der Waals surface area contributed by atoms with Gasteiger partial charge in [-0.05, 0) is 57.8 Å². The summed E-state index contributed by atoms with van der Waals surface area (Å²) in [5.41, 5.74) is 2.76. The minimum absolute atomic E-state index is 0.932. The van der Waals surface area contributed by atoms with Crippen molar-refractivity contribution >= 4 is 5.69 Å². The zero-order chi connectivity index (χ0) is 17.4. The molecule has 0 atom stereocenters. The molecule has 2 aliphatic rings. The Bertz CT molecular complexity index is 441. The second-order valence-electron chi connectivity index (χ2n) is 7.20. The van der Waals surface area contributed by atoms with E-state index in [2.05, 4.69) is 52.9 Å². The highest BCUT2D eigenvalue weighted by Crippen LogP contribution is 2.25. The van der Waals surface area contributed by atoms with Gasteiger partial charge in [0.1, 0.15) is 0 Å². The lowest BCUT2D eigenvalue weighted by atomic mass is 9.93. The summed E-state index contributed by atoms with van der Waals surface area (Å²) in [5.74, 6) is 0.932. The molecule has 0 aliphatic carbocycles. The third-order valence-electron chi connectivity index (χ3n) is 5.46. The van der Waals surface area contributed by atoms with Crippen molar-refractivity contribution in [3.63, 3.8) is 0 Å². The number of rotatable bonds is 4. The van der Waals surface area contributed by atoms with Crippen LogP contribution in [0.4, 0.5) is 5.69 Å². The molecule has 0 bridgehead atoms. The van der Waals surface area contributed by atoms with Crippen LogP contribution in [0.1, 0.15) is 38.7 Å². The fraction of sp³-hybridized carbons (Fsp3) is 0.714. The van der Waals surface area contributed by atoms with Crippen molar-refractivity contribution in [1.29, 1.82) is 0 Å². The molecule has 2 heterocycles. The number of benzene rings is 1. The molecule has 3 nitrogen and oxygen atoms in total. The molecule has 2 aliphatic heterocycles. The van der Waals surface area contributed by atoms with Crippen LogP contribution >= 0.6 is 0 Å². The fourth-order valence-corrected chi connectivity index (χ4v) is 3.67. The van der Waals surface area contributed by atoms with Gasteiger partial charge < -0.3 is 14.7 Å². The molecule has 0 spiro atoms. The first-order valence-electron chi connectivity index (χ1n) is 9.93. The molecule has 3 heteroatoms. The zero-order valence-electron chi connectivity index (χ0n) is 16.3. The standard InChI is InChI=1S/C19H31N3.C2H6/c1-17-3-5-19(6-4-17)22-11-8-18(9-12-22)7-10-21-15-13-20(2)14-16-21;1-2/h3-6,18H,7-16H2,1-2H3;1-2H3. The summed E-state index contributed by atoms with van der Waals surface area (Å²) in [6.07, 6.45) is 4.12. The Kier molecular flexibility index (Phi) is 8.07. The number of hydrogen-bond donors (Lipinski definition) is 0. The molecule has 136 valence electrons. The van der Waals surface area contributed by atoms with Crippen molar-refractivity contribution in [2.24, 2.45) is 5.92 Å². The highest BCUT2D eigenvalue weighted by Gasteiger charge is 2.21. The van der Waals surface area contributed by atoms with E-state index in [0.29, 0.717) is 0 Å². The summed E-state index contributed by atoms with van der Waals surface area (Å²) in [6.45, 7) is 14.9. The monoisotopic (exact) mass is 331 g/mol. The van der Waals surface area contributed by atoms with Crippen LogP contribution in [0.3, 0.4) is 0 Å². The maximum absolute atomic E-state index is 2.66. The van der Waals surface area contributed by atoms with Gasteiger partial charge in [-0.15, -0.1) is 0 Å². The van der Waals surface area contributed by atoms with Gasteiger partial charge in [0, 0.05) is 45.0 Å². The average Bonchev–Trinajstić information content (AvgIpc) is 2.64. The maximum atomic E-state index is 2.66. The van der Waals surface area contributed by atoms with Gasteiger partial charge in [0.05, 0.1) is 0 Å². The molecule has 0 N–H and O–H groups in total. The van der Waals surface area contributed by atoms with Gasteiger partial charge in [0.25, 0.3) is 0 Å². The van der Waals surface area contributed by atoms with E-state index in [1.165, 1.54) is 76.3 Å². The summed E-state index contributed by atoms with van der Waals surface area (Å²) in [7, 11) is 2.23. The van der Waals surface area contributed by atoms with E-state index < -0.39 is 0 Å². The number of hydrogen-bond acceptors (Lipinski definition) is 3. The van der Waals surface area contributed by atoms with E-state index in [1.807, 2.05) is 13.8 Å². The van der Waals surface area contributed by atoms with Crippen molar-refractivity contribution in [3.05, 3.63) is 29.8 Å². The summed E-state index contributed by atoms with van der Waals surface area (Å²) in [4.78, 5) is 7.66. The normalized spacial score (nSPS) is 20.6. The van der Waals surface area contributed by atoms with Crippen molar-refractivity contribution in [2.75, 3.05) is 57.8 Å². The lowest BCUT2D eigenvalue weighted by Crippen LogP contribution is -2.45. The van der Waals surface area contributed by atoms with Gasteiger partial charge in [-0.25, -0.2) is 0 Å². The number of likely N-dealkylation sites (N-methyl/N-ethyl adjacent to an activating group) is 1. The average molecular weight is 332 g/mol. The van der Waals surface area contributed by atoms with Gasteiger partial charge in [0.2, 0.25) is 0 Å². The van der Waals surface area contributed by atoms with Gasteiger partial charge in [-0.2, -0.15) is 0 Å². The molecular formula is C21H37N3. The minimum Gasteiger partial charge on any atom is -0.372 e. The van der Waals surface area contributed by atoms with E-state index in [0.717, 1.165) is 5.92 Å². The quantitative estimate of drug-likeness (QED) is 0.829. The SMILES string of the molecule is CC.Cc1ccc(N2CCC(CCN3CCN(C)CC3)CC2)cc1. The Balaban J connectivity index is 0.00000100. The first-order chi connectivity index (χ1) is 11.7. The predicted octanol–water partition coefficient (Wildman–Crippen LogP) is 3.88. The molecule has 0 saturated carbocycles. The summed E-state index contributed by atoms with van der Waals surface area (Å²) >= 11 is 0. The molecule has 0 aromatic heterocycles. The lowest BCUT2D eigenvalue weighted by Gasteiger charge is -2.36. The Morgan fingerprint density at radius 3 is 2.04 bits per heavy atom. The molecule has 1 aromatic rings. The Morgan fingerprint density at radius 2 is 1.46 bits per heavy atom. The van der Waals surface area contributed by atoms with Gasteiger partial charge in [0.15, 0.2) is 0 Å². The Morgan fingerprint density at radius 1 is 0.875 bits per heavy atom. The van der Waals surface area contributed by atoms with Crippen molar-refractivity contribution < 1.29 is 0 Å². The second-order valence-corrected chi connectivity index (χ2v) is 7.20. The fourth-order valence-electron chi connectivity index (χ4n) is 3.67. The zero-order valence-corrected chi connectivity index (χ0v) is 16.3. The van der Waals surface area contributed by atoms with Crippen molar-refractivity contribution in [3.8, 4) is 0 Å². The molecule has 0 radical (unpaired) electrons. The molecule has 2 saturated heterocycles. The molecule has 2 fully saturated rings. The molecule has 0 amide bonds. The van der Waals surface area contributed by atoms with E-state index in [1.54, 1.807) is 0 Å². The van der Waals surface area contributed by atoms with E-state index >= 15 is 0 Å². The molecule has 1 aromatic carbocycles. The number of piperazine rings is 1. The molecular weight excluding hydrogens is 294 g/mol. The van der Waals surface area contributed by atoms with Crippen LogP contribution in [-0.2, 0) is 0 Å². The second kappa shape index (κ2) is 10.0. The van der Waals surface area contributed by atoms with Crippen molar-refractivity contribution in [1.82, 2.24) is 9.80 Å². The van der Waals surface area contributed by atoms with Crippen LogP contribution in [0, 0.1) is 12.8 Å². The van der Waals surface area contributed by atoms with Crippen molar-refractivity contribution in [2.45, 2.75) is 40.0 Å². The van der Waals surface area contributed by atoms with E-state index in [4.69, 9.17) is 0 Å². The number of anilines is 1. The highest BCUT2D eigenvalue weighted by molar-refractivity contribution is 5.47. The number of nitrogens with zero attached hydrogens (tertiary/aromatic N) is 3. The van der Waals surface area contributed by atoms with Crippen LogP contribution in [0.15, 0.2) is 24.3 Å². The first kappa shape index (κ1) is 19.3. The van der Waals surface area contributed by atoms with Crippen LogP contribution in [-0.4, -0.2) is 62.7 Å². The number of piperidine rings is 1. The third-order valence-corrected chi connectivity index (χ3v) is 5.46. The summed E-state index contributed by atoms with van der Waals surface area (Å²) in [5, 5.41) is 0. The van der Waals surface area contributed by atoms with E-state index in [9.17, 15) is 0 Å². The first-order valence-corrected chi connectivity index (χ1v) is 9.93. The van der Waals surface area contributed by atoms with Gasteiger partial charge in [-0.1, -0.05) is 31.5 Å². The van der Waals surface area contributed by atoms with Crippen LogP contribution in [0.2, 0.25) is 0 Å². The van der Waals surface area contributed by atoms with Gasteiger partial charge in [-0.3, -0.25) is 0 Å². The summed E-state index contributed by atoms with van der Waals surface area (Å²) in [6, 6.07) is 9.02. The maximum Gasteiger partial charge on any atom is 0.0366 e. The Hall–Kier alpha value is -1.06. The van der Waals surface area contributed by atoms with E-state index in [-0.39, 0.29) is 0 Å². The Labute approximate surface area is 149 Å². The molecule has 3 rings (SSSR count).